The number of thiol groups is 1. The molecular formula is C20H27FN2O3S2. The first kappa shape index (κ1) is 22.6. The van der Waals surface area contributed by atoms with Crippen molar-refractivity contribution in [2.45, 2.75) is 69.7 Å². The van der Waals surface area contributed by atoms with Crippen molar-refractivity contribution in [3.8, 4) is 0 Å². The van der Waals surface area contributed by atoms with Crippen LogP contribution in [0.4, 0.5) is 4.39 Å². The van der Waals surface area contributed by atoms with Gasteiger partial charge in [0.05, 0.1) is 27.5 Å². The molecule has 2 rings (SSSR count). The van der Waals surface area contributed by atoms with Gasteiger partial charge < -0.3 is 5.11 Å². The number of aliphatic hydroxyl groups is 1. The molecule has 2 aromatic rings. The molecule has 5 nitrogen and oxygen atoms in total. The van der Waals surface area contributed by atoms with Crippen molar-refractivity contribution in [3.63, 3.8) is 0 Å². The molecular weight excluding hydrogens is 399 g/mol. The van der Waals surface area contributed by atoms with Gasteiger partial charge in [0.15, 0.2) is 4.34 Å². The van der Waals surface area contributed by atoms with Crippen molar-refractivity contribution in [1.82, 2.24) is 4.98 Å². The monoisotopic (exact) mass is 426 g/mol. The summed E-state index contributed by atoms with van der Waals surface area (Å²) in [6.07, 6.45) is 1.41. The van der Waals surface area contributed by atoms with Gasteiger partial charge in [0.1, 0.15) is 5.82 Å². The molecule has 1 aromatic heterocycles. The van der Waals surface area contributed by atoms with Crippen LogP contribution in [0.5, 0.6) is 0 Å². The van der Waals surface area contributed by atoms with E-state index in [0.29, 0.717) is 4.88 Å². The van der Waals surface area contributed by atoms with E-state index in [9.17, 15) is 18.5 Å². The molecule has 0 aliphatic heterocycles. The fourth-order valence-electron chi connectivity index (χ4n) is 2.88. The fraction of sp³-hybridized carbons (Fsp3) is 0.500. The second kappa shape index (κ2) is 8.80. The lowest BCUT2D eigenvalue weighted by Crippen LogP contribution is -2.12. The zero-order valence-corrected chi connectivity index (χ0v) is 18.7. The molecule has 0 aliphatic rings. The molecule has 1 N–H and O–H groups in total. The number of nitrogens with zero attached hydrogens (tertiary/aromatic N) is 2. The van der Waals surface area contributed by atoms with E-state index in [-0.39, 0.29) is 28.4 Å². The molecule has 0 fully saturated rings. The molecule has 0 saturated carbocycles. The van der Waals surface area contributed by atoms with Gasteiger partial charge >= 0.3 is 0 Å². The van der Waals surface area contributed by atoms with Crippen LogP contribution in [-0.2, 0) is 27.4 Å². The average molecular weight is 427 g/mol. The molecule has 0 saturated heterocycles. The van der Waals surface area contributed by atoms with Gasteiger partial charge in [-0.15, -0.1) is 11.3 Å². The van der Waals surface area contributed by atoms with Gasteiger partial charge in [-0.3, -0.25) is 4.79 Å². The lowest BCUT2D eigenvalue weighted by atomic mass is 9.87. The number of rotatable bonds is 6. The van der Waals surface area contributed by atoms with Crippen LogP contribution < -0.4 is 0 Å². The third-order valence-corrected chi connectivity index (χ3v) is 7.02. The summed E-state index contributed by atoms with van der Waals surface area (Å²) in [5, 5.41) is 10.00. The lowest BCUT2D eigenvalue weighted by molar-refractivity contribution is -0.117. The summed E-state index contributed by atoms with van der Waals surface area (Å²) in [6, 6.07) is 2.91. The van der Waals surface area contributed by atoms with Crippen LogP contribution in [0.25, 0.3) is 0 Å². The van der Waals surface area contributed by atoms with Gasteiger partial charge in [0.25, 0.3) is 5.91 Å². The summed E-state index contributed by atoms with van der Waals surface area (Å²) in [7, 11) is -2.35. The maximum Gasteiger partial charge on any atom is 0.258 e. The van der Waals surface area contributed by atoms with E-state index < -0.39 is 22.1 Å². The van der Waals surface area contributed by atoms with Gasteiger partial charge in [0, 0.05) is 6.20 Å². The molecule has 1 atom stereocenters. The molecule has 8 heteroatoms. The van der Waals surface area contributed by atoms with Crippen molar-refractivity contribution in [2.24, 2.45) is 4.36 Å². The van der Waals surface area contributed by atoms with Crippen molar-refractivity contribution in [2.75, 3.05) is 0 Å². The number of thiazole rings is 1. The molecule has 28 heavy (non-hydrogen) atoms. The number of hydrogen-bond acceptors (Lipinski definition) is 5. The largest absolute Gasteiger partial charge is 0.385 e. The van der Waals surface area contributed by atoms with E-state index in [4.69, 9.17) is 0 Å². The van der Waals surface area contributed by atoms with Gasteiger partial charge in [-0.1, -0.05) is 27.7 Å². The molecule has 154 valence electrons. The van der Waals surface area contributed by atoms with Crippen LogP contribution in [0, 0.1) is 5.82 Å². The third kappa shape index (κ3) is 5.46. The number of benzene rings is 1. The van der Waals surface area contributed by atoms with Crippen LogP contribution in [0.3, 0.4) is 0 Å². The van der Waals surface area contributed by atoms with Crippen molar-refractivity contribution in [3.05, 3.63) is 45.7 Å². The Morgan fingerprint density at radius 2 is 1.79 bits per heavy atom. The number of amides is 1. The second-order valence-corrected chi connectivity index (χ2v) is 10.4. The standard InChI is InChI=1S/C20H27FN2O3S2/c1-11(2)14-7-13(21)8-15(12(3)4)16(14)9-18(24)23-28(26)19-22-10-17(27-19)20(5,6)25/h7-8,10-12,25,28H,9H2,1-6H3. The predicted octanol–water partition coefficient (Wildman–Crippen LogP) is 4.55. The van der Waals surface area contributed by atoms with Crippen molar-refractivity contribution >= 4 is 27.8 Å². The summed E-state index contributed by atoms with van der Waals surface area (Å²) in [6.45, 7) is 11.0. The number of aromatic nitrogens is 1. The first-order valence-electron chi connectivity index (χ1n) is 9.12. The molecule has 0 bridgehead atoms. The van der Waals surface area contributed by atoms with E-state index in [0.717, 1.165) is 28.0 Å². The number of hydrogen-bond donors (Lipinski definition) is 2. The average Bonchev–Trinajstić information content (AvgIpc) is 3.06. The zero-order valence-electron chi connectivity index (χ0n) is 17.0. The Balaban J connectivity index is 2.36. The Hall–Kier alpha value is -1.64. The molecule has 1 heterocycles. The van der Waals surface area contributed by atoms with Crippen LogP contribution in [-0.4, -0.2) is 20.2 Å². The molecule has 0 radical (unpaired) electrons. The SMILES string of the molecule is CC(C)c1cc(F)cc(C(C)C)c1CC(=O)N=[SH](=O)c1ncc(C(C)(C)O)s1. The molecule has 1 amide bonds. The lowest BCUT2D eigenvalue weighted by Gasteiger charge is -2.19. The first-order chi connectivity index (χ1) is 12.9. The highest BCUT2D eigenvalue weighted by atomic mass is 32.2. The molecule has 0 spiro atoms. The first-order valence-corrected chi connectivity index (χ1v) is 11.2. The number of carbonyl (C=O) groups is 1. The Morgan fingerprint density at radius 3 is 2.21 bits per heavy atom. The maximum absolute atomic E-state index is 14.0. The Labute approximate surface area is 171 Å². The van der Waals surface area contributed by atoms with Crippen LogP contribution >= 0.6 is 11.3 Å². The highest BCUT2D eigenvalue weighted by Crippen LogP contribution is 2.30. The van der Waals surface area contributed by atoms with Crippen LogP contribution in [0.1, 0.15) is 74.9 Å². The summed E-state index contributed by atoms with van der Waals surface area (Å²) in [5.74, 6) is -0.777. The van der Waals surface area contributed by atoms with Gasteiger partial charge in [-0.2, -0.15) is 4.36 Å². The van der Waals surface area contributed by atoms with E-state index in [1.807, 2.05) is 27.7 Å². The minimum absolute atomic E-state index is 0.0356. The van der Waals surface area contributed by atoms with E-state index in [2.05, 4.69) is 9.35 Å². The minimum atomic E-state index is -2.35. The smallest absolute Gasteiger partial charge is 0.258 e. The highest BCUT2D eigenvalue weighted by molar-refractivity contribution is 7.77. The molecule has 0 aliphatic carbocycles. The summed E-state index contributed by atoms with van der Waals surface area (Å²) in [4.78, 5) is 17.1. The van der Waals surface area contributed by atoms with Crippen molar-refractivity contribution in [1.29, 1.82) is 0 Å². The Bertz CT molecular complexity index is 924. The quantitative estimate of drug-likeness (QED) is 0.664. The molecule has 1 aromatic carbocycles. The summed E-state index contributed by atoms with van der Waals surface area (Å²) < 4.78 is 30.5. The van der Waals surface area contributed by atoms with Crippen molar-refractivity contribution < 1.29 is 18.5 Å². The summed E-state index contributed by atoms with van der Waals surface area (Å²) >= 11 is 1.07. The third-order valence-electron chi connectivity index (χ3n) is 4.32. The van der Waals surface area contributed by atoms with Gasteiger partial charge in [0.2, 0.25) is 0 Å². The Kier molecular flexibility index (Phi) is 7.12. The number of halogens is 1. The zero-order chi connectivity index (χ0) is 21.2. The van der Waals surface area contributed by atoms with Gasteiger partial charge in [-0.05, 0) is 54.5 Å². The van der Waals surface area contributed by atoms with E-state index >= 15 is 0 Å². The number of carbonyl (C=O) groups excluding carboxylic acids is 1. The van der Waals surface area contributed by atoms with Crippen LogP contribution in [0.15, 0.2) is 27.0 Å². The second-order valence-electron chi connectivity index (χ2n) is 7.88. The van der Waals surface area contributed by atoms with Crippen LogP contribution in [0.2, 0.25) is 0 Å². The minimum Gasteiger partial charge on any atom is -0.385 e. The maximum atomic E-state index is 14.0. The van der Waals surface area contributed by atoms with E-state index in [1.165, 1.54) is 18.3 Å². The van der Waals surface area contributed by atoms with Gasteiger partial charge in [-0.25, -0.2) is 13.6 Å². The summed E-state index contributed by atoms with van der Waals surface area (Å²) in [5.41, 5.74) is 1.18. The Morgan fingerprint density at radius 1 is 1.25 bits per heavy atom. The topological polar surface area (TPSA) is 79.6 Å². The normalized spacial score (nSPS) is 13.5. The predicted molar refractivity (Wildman–Crippen MR) is 111 cm³/mol. The molecule has 1 unspecified atom stereocenters. The van der Waals surface area contributed by atoms with E-state index in [1.54, 1.807) is 13.8 Å². The highest BCUT2D eigenvalue weighted by Gasteiger charge is 2.21. The fourth-order valence-corrected chi connectivity index (χ4v) is 4.78.